The van der Waals surface area contributed by atoms with Crippen molar-refractivity contribution in [1.82, 2.24) is 10.2 Å². The van der Waals surface area contributed by atoms with Gasteiger partial charge in [0, 0.05) is 61.1 Å². The minimum Gasteiger partial charge on any atom is -0.472 e. The van der Waals surface area contributed by atoms with Gasteiger partial charge >= 0.3 is 0 Å². The molecule has 6 nitrogen and oxygen atoms in total. The van der Waals surface area contributed by atoms with E-state index in [9.17, 15) is 4.79 Å². The molecule has 0 aliphatic carbocycles. The number of piperidine rings is 1. The van der Waals surface area contributed by atoms with Gasteiger partial charge in [0.2, 0.25) is 0 Å². The molecule has 0 bridgehead atoms. The standard InChI is InChI=1S/C24H30N4O2/c1-15(2)17-4-5-21-20(11-17)14-27-24(30-21)6-8-28(9-7-24)23(29)18-10-16(3)22(26)19(12-18)13-25/h4-5,10-13,15,25,27H,6-9,14,26H2,1-3H3. The number of nitrogens with two attached hydrogens (primary N) is 1. The van der Waals surface area contributed by atoms with Gasteiger partial charge in [-0.15, -0.1) is 0 Å². The second kappa shape index (κ2) is 7.76. The normalized spacial score (nSPS) is 17.5. The number of carbonyl (C=O) groups is 1. The highest BCUT2D eigenvalue weighted by Gasteiger charge is 2.40. The molecule has 0 unspecified atom stereocenters. The molecular weight excluding hydrogens is 376 g/mol. The molecule has 0 atom stereocenters. The van der Waals surface area contributed by atoms with E-state index in [-0.39, 0.29) is 5.91 Å². The van der Waals surface area contributed by atoms with Gasteiger partial charge in [-0.25, -0.2) is 0 Å². The van der Waals surface area contributed by atoms with Crippen molar-refractivity contribution in [2.75, 3.05) is 18.8 Å². The summed E-state index contributed by atoms with van der Waals surface area (Å²) in [5, 5.41) is 11.1. The van der Waals surface area contributed by atoms with Crippen molar-refractivity contribution in [3.05, 3.63) is 58.1 Å². The lowest BCUT2D eigenvalue weighted by Crippen LogP contribution is -2.59. The van der Waals surface area contributed by atoms with Crippen LogP contribution in [0.25, 0.3) is 0 Å². The maximum Gasteiger partial charge on any atom is 0.253 e. The van der Waals surface area contributed by atoms with Crippen LogP contribution in [0.2, 0.25) is 0 Å². The van der Waals surface area contributed by atoms with Gasteiger partial charge < -0.3 is 20.8 Å². The van der Waals surface area contributed by atoms with Crippen LogP contribution in [0.5, 0.6) is 5.75 Å². The molecule has 2 heterocycles. The van der Waals surface area contributed by atoms with Crippen LogP contribution in [0.15, 0.2) is 30.3 Å². The molecule has 2 aliphatic rings. The third kappa shape index (κ3) is 3.67. The Balaban J connectivity index is 1.46. The fraction of sp³-hybridized carbons (Fsp3) is 0.417. The highest BCUT2D eigenvalue weighted by Crippen LogP contribution is 2.35. The van der Waals surface area contributed by atoms with E-state index in [1.807, 2.05) is 17.9 Å². The Labute approximate surface area is 177 Å². The first-order valence-corrected chi connectivity index (χ1v) is 10.6. The van der Waals surface area contributed by atoms with Crippen molar-refractivity contribution in [2.45, 2.75) is 51.8 Å². The number of anilines is 1. The molecule has 0 saturated carbocycles. The summed E-state index contributed by atoms with van der Waals surface area (Å²) in [6.07, 6.45) is 2.66. The van der Waals surface area contributed by atoms with E-state index in [0.717, 1.165) is 30.7 Å². The maximum atomic E-state index is 13.1. The maximum absolute atomic E-state index is 13.1. The summed E-state index contributed by atoms with van der Waals surface area (Å²) >= 11 is 0. The van der Waals surface area contributed by atoms with E-state index in [2.05, 4.69) is 37.4 Å². The number of amides is 1. The Bertz CT molecular complexity index is 991. The van der Waals surface area contributed by atoms with Crippen LogP contribution in [0.3, 0.4) is 0 Å². The van der Waals surface area contributed by atoms with Crippen LogP contribution in [0.4, 0.5) is 5.69 Å². The number of hydrogen-bond donors (Lipinski definition) is 3. The Kier molecular flexibility index (Phi) is 5.28. The van der Waals surface area contributed by atoms with Gasteiger partial charge in [-0.2, -0.15) is 0 Å². The number of nitrogens with zero attached hydrogens (tertiary/aromatic N) is 1. The minimum atomic E-state index is -0.416. The van der Waals surface area contributed by atoms with Gasteiger partial charge in [-0.05, 0) is 42.2 Å². The number of rotatable bonds is 3. The van der Waals surface area contributed by atoms with Gasteiger partial charge in [0.1, 0.15) is 5.75 Å². The topological polar surface area (TPSA) is 91.4 Å². The average Bonchev–Trinajstić information content (AvgIpc) is 2.75. The predicted molar refractivity (Wildman–Crippen MR) is 119 cm³/mol. The SMILES string of the molecule is Cc1cc(C(=O)N2CCC3(CC2)NCc2cc(C(C)C)ccc2O3)cc(C=N)c1N. The van der Waals surface area contributed by atoms with Crippen LogP contribution in [0, 0.1) is 12.3 Å². The van der Waals surface area contributed by atoms with Crippen molar-refractivity contribution >= 4 is 17.8 Å². The summed E-state index contributed by atoms with van der Waals surface area (Å²) in [4.78, 5) is 14.9. The zero-order valence-electron chi connectivity index (χ0n) is 17.9. The highest BCUT2D eigenvalue weighted by atomic mass is 16.5. The lowest BCUT2D eigenvalue weighted by Gasteiger charge is -2.45. The van der Waals surface area contributed by atoms with Crippen LogP contribution >= 0.6 is 0 Å². The Morgan fingerprint density at radius 3 is 2.67 bits per heavy atom. The van der Waals surface area contributed by atoms with Crippen molar-refractivity contribution in [3.8, 4) is 5.75 Å². The number of carbonyl (C=O) groups excluding carboxylic acids is 1. The summed E-state index contributed by atoms with van der Waals surface area (Å²) in [5.41, 5.74) is 10.6. The molecule has 2 aromatic carbocycles. The number of likely N-dealkylation sites (tertiary alicyclic amines) is 1. The molecule has 1 fully saturated rings. The van der Waals surface area contributed by atoms with Gasteiger partial charge in [0.15, 0.2) is 5.72 Å². The Morgan fingerprint density at radius 2 is 2.00 bits per heavy atom. The number of nitrogen functional groups attached to an aromatic ring is 1. The lowest BCUT2D eigenvalue weighted by atomic mass is 9.94. The first kappa shape index (κ1) is 20.4. The molecule has 0 aromatic heterocycles. The van der Waals surface area contributed by atoms with E-state index in [4.69, 9.17) is 15.9 Å². The van der Waals surface area contributed by atoms with Crippen LogP contribution < -0.4 is 15.8 Å². The molecule has 4 N–H and O–H groups in total. The monoisotopic (exact) mass is 406 g/mol. The molecule has 158 valence electrons. The smallest absolute Gasteiger partial charge is 0.253 e. The molecule has 30 heavy (non-hydrogen) atoms. The summed E-state index contributed by atoms with van der Waals surface area (Å²) in [6.45, 7) is 8.28. The van der Waals surface area contributed by atoms with Gasteiger partial charge in [0.25, 0.3) is 5.91 Å². The fourth-order valence-electron chi connectivity index (χ4n) is 4.30. The van der Waals surface area contributed by atoms with Crippen LogP contribution in [0.1, 0.15) is 65.2 Å². The molecule has 0 radical (unpaired) electrons. The minimum absolute atomic E-state index is 0.0196. The quantitative estimate of drug-likeness (QED) is 0.534. The van der Waals surface area contributed by atoms with Gasteiger partial charge in [0.05, 0.1) is 0 Å². The first-order valence-electron chi connectivity index (χ1n) is 10.6. The molecule has 6 heteroatoms. The first-order chi connectivity index (χ1) is 14.3. The van der Waals surface area contributed by atoms with E-state index in [1.165, 1.54) is 17.3 Å². The Hall–Kier alpha value is -2.86. The largest absolute Gasteiger partial charge is 0.472 e. The lowest BCUT2D eigenvalue weighted by molar-refractivity contribution is -0.0336. The number of hydrogen-bond acceptors (Lipinski definition) is 5. The van der Waals surface area contributed by atoms with Gasteiger partial charge in [-0.1, -0.05) is 26.0 Å². The number of aryl methyl sites for hydroxylation is 1. The fourth-order valence-corrected chi connectivity index (χ4v) is 4.30. The average molecular weight is 407 g/mol. The van der Waals surface area contributed by atoms with Gasteiger partial charge in [-0.3, -0.25) is 10.1 Å². The number of ether oxygens (including phenoxy) is 1. The van der Waals surface area contributed by atoms with Crippen LogP contribution in [-0.4, -0.2) is 35.8 Å². The third-order valence-corrected chi connectivity index (χ3v) is 6.34. The summed E-state index contributed by atoms with van der Waals surface area (Å²) in [6, 6.07) is 9.97. The van der Waals surface area contributed by atoms with Crippen molar-refractivity contribution in [2.24, 2.45) is 0 Å². The van der Waals surface area contributed by atoms with Crippen molar-refractivity contribution in [1.29, 1.82) is 5.41 Å². The van der Waals surface area contributed by atoms with Crippen LogP contribution in [-0.2, 0) is 6.54 Å². The second-order valence-electron chi connectivity index (χ2n) is 8.70. The molecular formula is C24H30N4O2. The molecule has 1 spiro atoms. The second-order valence-corrected chi connectivity index (χ2v) is 8.70. The summed E-state index contributed by atoms with van der Waals surface area (Å²) < 4.78 is 6.40. The number of fused-ring (bicyclic) bond motifs is 1. The van der Waals surface area contributed by atoms with Crippen molar-refractivity contribution < 1.29 is 9.53 Å². The zero-order valence-corrected chi connectivity index (χ0v) is 17.9. The number of nitrogens with one attached hydrogen (secondary N) is 2. The Morgan fingerprint density at radius 1 is 1.27 bits per heavy atom. The molecule has 1 amide bonds. The molecule has 2 aromatic rings. The summed E-state index contributed by atoms with van der Waals surface area (Å²) in [7, 11) is 0. The van der Waals surface area contributed by atoms with E-state index in [0.29, 0.717) is 35.8 Å². The van der Waals surface area contributed by atoms with E-state index >= 15 is 0 Å². The summed E-state index contributed by atoms with van der Waals surface area (Å²) in [5.74, 6) is 1.42. The molecule has 1 saturated heterocycles. The molecule has 4 rings (SSSR count). The van der Waals surface area contributed by atoms with E-state index < -0.39 is 5.72 Å². The van der Waals surface area contributed by atoms with E-state index in [1.54, 1.807) is 6.07 Å². The third-order valence-electron chi connectivity index (χ3n) is 6.34. The molecule has 2 aliphatic heterocycles. The predicted octanol–water partition coefficient (Wildman–Crippen LogP) is 3.81. The zero-order chi connectivity index (χ0) is 21.5. The van der Waals surface area contributed by atoms with Crippen molar-refractivity contribution in [3.63, 3.8) is 0 Å². The highest BCUT2D eigenvalue weighted by molar-refractivity contribution is 5.98. The number of benzene rings is 2.